The molecule has 1 unspecified atom stereocenters. The van der Waals surface area contributed by atoms with E-state index in [4.69, 9.17) is 10.5 Å². The number of nitrogens with two attached hydrogens (primary N) is 1. The summed E-state index contributed by atoms with van der Waals surface area (Å²) < 4.78 is 28.6. The van der Waals surface area contributed by atoms with E-state index < -0.39 is 15.4 Å². The van der Waals surface area contributed by atoms with Gasteiger partial charge < -0.3 is 15.4 Å². The van der Waals surface area contributed by atoms with Gasteiger partial charge in [0.05, 0.1) is 11.5 Å². The fourth-order valence-electron chi connectivity index (χ4n) is 4.05. The number of carbonyl (C=O) groups is 1. The summed E-state index contributed by atoms with van der Waals surface area (Å²) in [6, 6.07) is 7.17. The van der Waals surface area contributed by atoms with Crippen LogP contribution in [0.1, 0.15) is 57.9 Å². The summed E-state index contributed by atoms with van der Waals surface area (Å²) in [6.07, 6.45) is 6.20. The lowest BCUT2D eigenvalue weighted by Gasteiger charge is -2.35. The van der Waals surface area contributed by atoms with Gasteiger partial charge in [0.2, 0.25) is 0 Å². The average molecular weight is 468 g/mol. The molecule has 1 aromatic rings. The molecule has 7 nitrogen and oxygen atoms in total. The predicted molar refractivity (Wildman–Crippen MR) is 128 cm³/mol. The van der Waals surface area contributed by atoms with Gasteiger partial charge in [-0.25, -0.2) is 8.42 Å². The maximum absolute atomic E-state index is 12.5. The number of carbonyl (C=O) groups excluding carboxylic acids is 1. The second kappa shape index (κ2) is 12.7. The lowest BCUT2D eigenvalue weighted by molar-refractivity contribution is -0.151. The third-order valence-electron chi connectivity index (χ3n) is 6.14. The smallest absolute Gasteiger partial charge is 0.326 e. The number of benzene rings is 1. The highest BCUT2D eigenvalue weighted by atomic mass is 32.2. The maximum Gasteiger partial charge on any atom is 0.326 e. The first kappa shape index (κ1) is 26.8. The minimum absolute atomic E-state index is 0.250. The number of unbranched alkanes of at least 4 members (excludes halogenated alkanes) is 1. The van der Waals surface area contributed by atoms with Crippen LogP contribution < -0.4 is 5.73 Å². The number of sulfone groups is 1. The molecule has 0 aliphatic carbocycles. The Morgan fingerprint density at radius 3 is 2.16 bits per heavy atom. The van der Waals surface area contributed by atoms with E-state index in [1.165, 1.54) is 6.26 Å². The van der Waals surface area contributed by atoms with Crippen LogP contribution in [0, 0.1) is 0 Å². The molecule has 1 aliphatic heterocycles. The number of rotatable bonds is 13. The van der Waals surface area contributed by atoms with Crippen molar-refractivity contribution in [2.75, 3.05) is 45.6 Å². The summed E-state index contributed by atoms with van der Waals surface area (Å²) in [7, 11) is -3.15. The largest absolute Gasteiger partial charge is 0.464 e. The van der Waals surface area contributed by atoms with Gasteiger partial charge in [0.1, 0.15) is 5.54 Å². The predicted octanol–water partition coefficient (Wildman–Crippen LogP) is 2.83. The molecule has 1 atom stereocenters. The highest BCUT2D eigenvalue weighted by Crippen LogP contribution is 2.21. The molecule has 0 saturated carbocycles. The van der Waals surface area contributed by atoms with Crippen molar-refractivity contribution < 1.29 is 17.9 Å². The van der Waals surface area contributed by atoms with Gasteiger partial charge in [-0.3, -0.25) is 9.69 Å². The van der Waals surface area contributed by atoms with Crippen LogP contribution >= 0.6 is 0 Å². The molecule has 182 valence electrons. The zero-order chi connectivity index (χ0) is 23.6. The van der Waals surface area contributed by atoms with Crippen LogP contribution in [-0.2, 0) is 25.9 Å². The van der Waals surface area contributed by atoms with Crippen LogP contribution in [0.15, 0.2) is 29.2 Å². The number of piperazine rings is 1. The van der Waals surface area contributed by atoms with E-state index in [0.29, 0.717) is 24.3 Å². The summed E-state index contributed by atoms with van der Waals surface area (Å²) in [5.74, 6) is -0.250. The molecule has 0 amide bonds. The minimum Gasteiger partial charge on any atom is -0.464 e. The van der Waals surface area contributed by atoms with Crippen LogP contribution in [0.5, 0.6) is 0 Å². The molecule has 1 heterocycles. The van der Waals surface area contributed by atoms with Crippen molar-refractivity contribution in [2.24, 2.45) is 5.73 Å². The Morgan fingerprint density at radius 2 is 1.59 bits per heavy atom. The first-order valence-corrected chi connectivity index (χ1v) is 13.8. The van der Waals surface area contributed by atoms with E-state index in [1.54, 1.807) is 12.1 Å². The number of ether oxygens (including phenoxy) is 1. The molecule has 0 radical (unpaired) electrons. The molecular formula is C24H41N3O4S. The van der Waals surface area contributed by atoms with Crippen LogP contribution in [-0.4, -0.2) is 75.3 Å². The van der Waals surface area contributed by atoms with Crippen molar-refractivity contribution >= 4 is 15.8 Å². The Morgan fingerprint density at radius 1 is 1.00 bits per heavy atom. The summed E-state index contributed by atoms with van der Waals surface area (Å²) in [4.78, 5) is 17.7. The summed E-state index contributed by atoms with van der Waals surface area (Å²) in [5, 5.41) is 0. The summed E-state index contributed by atoms with van der Waals surface area (Å²) in [6.45, 7) is 10.2. The SMILES string of the molecule is CCCCC(N)(CCCN1CCN(Cc2ccc(S(C)(=O)=O)cc2)CC1)C(=O)OCCC. The molecule has 0 spiro atoms. The maximum atomic E-state index is 12.5. The van der Waals surface area contributed by atoms with Gasteiger partial charge in [-0.05, 0) is 49.9 Å². The molecule has 2 rings (SSSR count). The summed E-state index contributed by atoms with van der Waals surface area (Å²) in [5.41, 5.74) is 6.75. The fraction of sp³-hybridized carbons (Fsp3) is 0.708. The lowest BCUT2D eigenvalue weighted by atomic mass is 9.88. The number of hydrogen-bond acceptors (Lipinski definition) is 7. The van der Waals surface area contributed by atoms with Crippen molar-refractivity contribution in [1.82, 2.24) is 9.80 Å². The van der Waals surface area contributed by atoms with Gasteiger partial charge in [-0.2, -0.15) is 0 Å². The van der Waals surface area contributed by atoms with E-state index in [2.05, 4.69) is 16.7 Å². The first-order chi connectivity index (χ1) is 15.2. The van der Waals surface area contributed by atoms with Crippen LogP contribution in [0.3, 0.4) is 0 Å². The number of hydrogen-bond donors (Lipinski definition) is 1. The van der Waals surface area contributed by atoms with Crippen LogP contribution in [0.4, 0.5) is 0 Å². The van der Waals surface area contributed by atoms with E-state index >= 15 is 0 Å². The molecule has 1 aromatic carbocycles. The Bertz CT molecular complexity index is 805. The highest BCUT2D eigenvalue weighted by molar-refractivity contribution is 7.90. The van der Waals surface area contributed by atoms with E-state index in [1.807, 2.05) is 19.1 Å². The standard InChI is InChI=1S/C24H41N3O4S/c1-4-6-12-24(25,23(28)31-19-5-2)13-7-14-26-15-17-27(18-16-26)20-21-8-10-22(11-9-21)32(3,29)30/h8-11H,4-7,12-20,25H2,1-3H3. The van der Waals surface area contributed by atoms with Gasteiger partial charge in [0.25, 0.3) is 0 Å². The second-order valence-electron chi connectivity index (χ2n) is 9.03. The third-order valence-corrected chi connectivity index (χ3v) is 7.27. The Hall–Kier alpha value is -1.48. The minimum atomic E-state index is -3.15. The molecule has 1 saturated heterocycles. The molecule has 32 heavy (non-hydrogen) atoms. The van der Waals surface area contributed by atoms with E-state index in [0.717, 1.165) is 70.5 Å². The molecule has 8 heteroatoms. The van der Waals surface area contributed by atoms with Crippen LogP contribution in [0.2, 0.25) is 0 Å². The van der Waals surface area contributed by atoms with Crippen LogP contribution in [0.25, 0.3) is 0 Å². The monoisotopic (exact) mass is 467 g/mol. The molecule has 0 aromatic heterocycles. The van der Waals surface area contributed by atoms with E-state index in [9.17, 15) is 13.2 Å². The zero-order valence-electron chi connectivity index (χ0n) is 20.0. The molecule has 2 N–H and O–H groups in total. The number of nitrogens with zero attached hydrogens (tertiary/aromatic N) is 2. The third kappa shape index (κ3) is 8.46. The van der Waals surface area contributed by atoms with Crippen molar-refractivity contribution in [3.05, 3.63) is 29.8 Å². The second-order valence-corrected chi connectivity index (χ2v) is 11.0. The Kier molecular flexibility index (Phi) is 10.6. The highest BCUT2D eigenvalue weighted by Gasteiger charge is 2.34. The first-order valence-electron chi connectivity index (χ1n) is 11.9. The molecule has 1 aliphatic rings. The van der Waals surface area contributed by atoms with Crippen molar-refractivity contribution in [3.8, 4) is 0 Å². The topological polar surface area (TPSA) is 92.9 Å². The molecule has 0 bridgehead atoms. The lowest BCUT2D eigenvalue weighted by Crippen LogP contribution is -2.50. The number of esters is 1. The van der Waals surface area contributed by atoms with Crippen molar-refractivity contribution in [3.63, 3.8) is 0 Å². The average Bonchev–Trinajstić information content (AvgIpc) is 2.77. The molecular weight excluding hydrogens is 426 g/mol. The quantitative estimate of drug-likeness (QED) is 0.446. The van der Waals surface area contributed by atoms with Gasteiger partial charge in [0, 0.05) is 39.0 Å². The summed E-state index contributed by atoms with van der Waals surface area (Å²) >= 11 is 0. The Labute approximate surface area is 194 Å². The van der Waals surface area contributed by atoms with Crippen molar-refractivity contribution in [1.29, 1.82) is 0 Å². The van der Waals surface area contributed by atoms with Gasteiger partial charge in [-0.1, -0.05) is 38.8 Å². The van der Waals surface area contributed by atoms with Gasteiger partial charge >= 0.3 is 5.97 Å². The zero-order valence-corrected chi connectivity index (χ0v) is 20.8. The van der Waals surface area contributed by atoms with Crippen molar-refractivity contribution in [2.45, 2.75) is 69.4 Å². The van der Waals surface area contributed by atoms with Gasteiger partial charge in [-0.15, -0.1) is 0 Å². The molecule has 1 fully saturated rings. The van der Waals surface area contributed by atoms with E-state index in [-0.39, 0.29) is 5.97 Å². The Balaban J connectivity index is 1.76. The fourth-order valence-corrected chi connectivity index (χ4v) is 4.68. The normalized spacial score (nSPS) is 17.8. The van der Waals surface area contributed by atoms with Gasteiger partial charge in [0.15, 0.2) is 9.84 Å².